The average molecular weight is 218 g/mol. The molecule has 6 heteroatoms. The second kappa shape index (κ2) is 3.50. The molecule has 2 nitrogen and oxygen atoms in total. The number of thiocarbonyl (C=S) groups is 1. The van der Waals surface area contributed by atoms with Crippen LogP contribution in [0.2, 0.25) is 0 Å². The summed E-state index contributed by atoms with van der Waals surface area (Å²) in [6.07, 6.45) is -3.68. The van der Waals surface area contributed by atoms with Gasteiger partial charge in [-0.05, 0) is 13.0 Å². The topological polar surface area (TPSA) is 36.1 Å². The largest absolute Gasteiger partial charge is 0.414 e. The van der Waals surface area contributed by atoms with Gasteiger partial charge >= 0.3 is 6.18 Å². The van der Waals surface area contributed by atoms with Gasteiger partial charge in [-0.3, -0.25) is 0 Å². The number of dihydropyridines is 1. The number of rotatable bonds is 0. The number of halogens is 3. The Hall–Kier alpha value is -1.22. The van der Waals surface area contributed by atoms with Crippen LogP contribution in [0.15, 0.2) is 16.6 Å². The highest BCUT2D eigenvalue weighted by molar-refractivity contribution is 7.80. The van der Waals surface area contributed by atoms with Crippen molar-refractivity contribution in [1.82, 2.24) is 0 Å². The number of aliphatic imine (C=N–C) groups is 1. The van der Waals surface area contributed by atoms with Crippen LogP contribution in [0.5, 0.6) is 0 Å². The molecule has 14 heavy (non-hydrogen) atoms. The summed E-state index contributed by atoms with van der Waals surface area (Å²) in [5.74, 6) is -1.45. The van der Waals surface area contributed by atoms with E-state index >= 15 is 0 Å². The van der Waals surface area contributed by atoms with Crippen molar-refractivity contribution in [3.8, 4) is 6.07 Å². The van der Waals surface area contributed by atoms with Gasteiger partial charge in [0.1, 0.15) is 10.9 Å². The summed E-state index contributed by atoms with van der Waals surface area (Å²) < 4.78 is 37.2. The summed E-state index contributed by atoms with van der Waals surface area (Å²) in [7, 11) is 0. The highest BCUT2D eigenvalue weighted by Crippen LogP contribution is 2.34. The second-order valence-electron chi connectivity index (χ2n) is 2.75. The summed E-state index contributed by atoms with van der Waals surface area (Å²) in [6, 6.07) is 1.49. The van der Waals surface area contributed by atoms with E-state index in [0.29, 0.717) is 0 Å². The quantitative estimate of drug-likeness (QED) is 0.585. The van der Waals surface area contributed by atoms with Crippen LogP contribution in [0.4, 0.5) is 13.2 Å². The molecule has 0 N–H and O–H groups in total. The Labute approximate surface area is 83.7 Å². The van der Waals surface area contributed by atoms with Crippen LogP contribution >= 0.6 is 12.2 Å². The first kappa shape index (κ1) is 10.9. The molecular weight excluding hydrogens is 213 g/mol. The molecule has 0 fully saturated rings. The first-order valence-electron chi connectivity index (χ1n) is 3.64. The monoisotopic (exact) mass is 218 g/mol. The van der Waals surface area contributed by atoms with Gasteiger partial charge < -0.3 is 0 Å². The third-order valence-electron chi connectivity index (χ3n) is 1.67. The highest BCUT2D eigenvalue weighted by Gasteiger charge is 2.42. The van der Waals surface area contributed by atoms with E-state index in [-0.39, 0.29) is 10.7 Å². The number of nitrogens with zero attached hydrogens (tertiary/aromatic N) is 2. The van der Waals surface area contributed by atoms with E-state index in [1.165, 1.54) is 13.0 Å². The van der Waals surface area contributed by atoms with Crippen molar-refractivity contribution in [1.29, 1.82) is 5.26 Å². The zero-order chi connectivity index (χ0) is 10.9. The van der Waals surface area contributed by atoms with E-state index in [1.807, 2.05) is 0 Å². The lowest BCUT2D eigenvalue weighted by molar-refractivity contribution is -0.0948. The first-order valence-corrected chi connectivity index (χ1v) is 4.04. The molecule has 1 heterocycles. The Morgan fingerprint density at radius 3 is 2.57 bits per heavy atom. The number of allylic oxidation sites excluding steroid dienone is 1. The lowest BCUT2D eigenvalue weighted by atomic mass is 9.96. The number of hydrogen-bond donors (Lipinski definition) is 0. The van der Waals surface area contributed by atoms with Crippen LogP contribution < -0.4 is 0 Å². The fourth-order valence-corrected chi connectivity index (χ4v) is 1.41. The van der Waals surface area contributed by atoms with E-state index in [0.717, 1.165) is 6.08 Å². The smallest absolute Gasteiger partial charge is 0.245 e. The molecule has 0 saturated heterocycles. The Bertz CT molecular complexity index is 373. The molecule has 0 aliphatic carbocycles. The molecule has 1 aliphatic rings. The summed E-state index contributed by atoms with van der Waals surface area (Å²) in [4.78, 5) is 3.43. The normalized spacial score (nSPS) is 22.5. The maximum absolute atomic E-state index is 12.4. The zero-order valence-electron chi connectivity index (χ0n) is 7.09. The van der Waals surface area contributed by atoms with Crippen LogP contribution in [-0.4, -0.2) is 16.9 Å². The van der Waals surface area contributed by atoms with Gasteiger partial charge in [-0.15, -0.1) is 0 Å². The van der Waals surface area contributed by atoms with E-state index in [1.54, 1.807) is 0 Å². The van der Waals surface area contributed by atoms with E-state index in [4.69, 9.17) is 5.26 Å². The van der Waals surface area contributed by atoms with Gasteiger partial charge in [-0.1, -0.05) is 12.2 Å². The number of hydrogen-bond acceptors (Lipinski definition) is 2. The number of alkyl halides is 3. The average Bonchev–Trinajstić information content (AvgIpc) is 2.01. The van der Waals surface area contributed by atoms with Crippen molar-refractivity contribution in [2.24, 2.45) is 10.9 Å². The van der Waals surface area contributed by atoms with Gasteiger partial charge in [-0.25, -0.2) is 4.99 Å². The van der Waals surface area contributed by atoms with Gasteiger partial charge in [0.05, 0.1) is 11.6 Å². The fraction of sp³-hybridized carbons (Fsp3) is 0.375. The molecule has 0 aromatic rings. The minimum Gasteiger partial charge on any atom is -0.245 e. The van der Waals surface area contributed by atoms with Crippen molar-refractivity contribution in [2.75, 3.05) is 0 Å². The molecule has 1 atom stereocenters. The molecule has 0 spiro atoms. The van der Waals surface area contributed by atoms with Crippen molar-refractivity contribution < 1.29 is 13.2 Å². The summed E-state index contributed by atoms with van der Waals surface area (Å²) in [5.41, 5.74) is -0.758. The maximum atomic E-state index is 12.4. The predicted octanol–water partition coefficient (Wildman–Crippen LogP) is 2.42. The third kappa shape index (κ3) is 1.99. The van der Waals surface area contributed by atoms with Crippen LogP contribution in [0.3, 0.4) is 0 Å². The standard InChI is InChI=1S/C8H5F3N2S/c1-4-2-6(8(9,10)11)5(3-12)7(14)13-4/h2,5H,1H3. The molecule has 0 saturated carbocycles. The summed E-state index contributed by atoms with van der Waals surface area (Å²) in [5, 5.41) is 8.53. The van der Waals surface area contributed by atoms with Gasteiger partial charge in [0.15, 0.2) is 0 Å². The maximum Gasteiger partial charge on any atom is 0.414 e. The molecule has 1 unspecified atom stereocenters. The Morgan fingerprint density at radius 2 is 2.14 bits per heavy atom. The van der Waals surface area contributed by atoms with Gasteiger partial charge in [0, 0.05) is 5.71 Å². The Balaban J connectivity index is 3.20. The van der Waals surface area contributed by atoms with Gasteiger partial charge in [0.2, 0.25) is 0 Å². The van der Waals surface area contributed by atoms with Gasteiger partial charge in [0.25, 0.3) is 0 Å². The van der Waals surface area contributed by atoms with Crippen LogP contribution in [0.1, 0.15) is 6.92 Å². The third-order valence-corrected chi connectivity index (χ3v) is 1.99. The lowest BCUT2D eigenvalue weighted by Gasteiger charge is -2.19. The molecular formula is C8H5F3N2S. The lowest BCUT2D eigenvalue weighted by Crippen LogP contribution is -2.27. The minimum absolute atomic E-state index is 0.175. The Morgan fingerprint density at radius 1 is 1.57 bits per heavy atom. The molecule has 74 valence electrons. The highest BCUT2D eigenvalue weighted by atomic mass is 32.1. The molecule has 1 aliphatic heterocycles. The molecule has 1 rings (SSSR count). The van der Waals surface area contributed by atoms with Crippen LogP contribution in [0, 0.1) is 17.2 Å². The summed E-state index contributed by atoms with van der Waals surface area (Å²) >= 11 is 4.60. The summed E-state index contributed by atoms with van der Waals surface area (Å²) in [6.45, 7) is 1.41. The van der Waals surface area contributed by atoms with Crippen LogP contribution in [-0.2, 0) is 0 Å². The molecule has 0 aromatic carbocycles. The van der Waals surface area contributed by atoms with Crippen LogP contribution in [0.25, 0.3) is 0 Å². The fourth-order valence-electron chi connectivity index (χ4n) is 1.08. The predicted molar refractivity (Wildman–Crippen MR) is 48.9 cm³/mol. The van der Waals surface area contributed by atoms with Gasteiger partial charge in [-0.2, -0.15) is 18.4 Å². The zero-order valence-corrected chi connectivity index (χ0v) is 7.91. The van der Waals surface area contributed by atoms with Crippen molar-refractivity contribution in [2.45, 2.75) is 13.1 Å². The van der Waals surface area contributed by atoms with Crippen molar-refractivity contribution in [3.05, 3.63) is 11.6 Å². The van der Waals surface area contributed by atoms with E-state index in [9.17, 15) is 13.2 Å². The van der Waals surface area contributed by atoms with Crippen molar-refractivity contribution >= 4 is 22.9 Å². The van der Waals surface area contributed by atoms with E-state index < -0.39 is 17.7 Å². The van der Waals surface area contributed by atoms with E-state index in [2.05, 4.69) is 17.2 Å². The first-order chi connectivity index (χ1) is 6.36. The SMILES string of the molecule is CC1=NC(=S)C(C#N)C(C(F)(F)F)=C1. The molecule has 0 bridgehead atoms. The molecule has 0 radical (unpaired) electrons. The Kier molecular flexibility index (Phi) is 2.71. The van der Waals surface area contributed by atoms with Crippen molar-refractivity contribution in [3.63, 3.8) is 0 Å². The molecule has 0 amide bonds. The minimum atomic E-state index is -4.53. The molecule has 0 aromatic heterocycles. The number of nitriles is 1. The second-order valence-corrected chi connectivity index (χ2v) is 3.17.